The largest absolute Gasteiger partial charge is 0.323 e. The first-order valence-corrected chi connectivity index (χ1v) is 7.07. The summed E-state index contributed by atoms with van der Waals surface area (Å²) in [6, 6.07) is 6.47. The highest BCUT2D eigenvalue weighted by Crippen LogP contribution is 2.36. The van der Waals surface area contributed by atoms with Gasteiger partial charge in [-0.2, -0.15) is 0 Å². The van der Waals surface area contributed by atoms with Crippen LogP contribution in [-0.2, 0) is 0 Å². The Kier molecular flexibility index (Phi) is 3.15. The Morgan fingerprint density at radius 3 is 2.58 bits per heavy atom. The van der Waals surface area contributed by atoms with E-state index in [1.54, 1.807) is 0 Å². The summed E-state index contributed by atoms with van der Waals surface area (Å²) in [6.07, 6.45) is 5.16. The highest BCUT2D eigenvalue weighted by molar-refractivity contribution is 5.94. The fraction of sp³-hybridized carbons (Fsp3) is 0.438. The van der Waals surface area contributed by atoms with Gasteiger partial charge in [0.25, 0.3) is 0 Å². The van der Waals surface area contributed by atoms with Crippen molar-refractivity contribution in [2.75, 3.05) is 5.43 Å². The molecule has 100 valence electrons. The van der Waals surface area contributed by atoms with E-state index in [0.717, 1.165) is 16.6 Å². The third kappa shape index (κ3) is 2.19. The number of rotatable bonds is 2. The molecule has 0 aliphatic heterocycles. The van der Waals surface area contributed by atoms with E-state index in [2.05, 4.69) is 37.5 Å². The van der Waals surface area contributed by atoms with Crippen molar-refractivity contribution in [1.29, 1.82) is 0 Å². The van der Waals surface area contributed by atoms with Crippen molar-refractivity contribution >= 4 is 16.6 Å². The molecule has 1 heterocycles. The quantitative estimate of drug-likeness (QED) is 0.634. The fourth-order valence-corrected chi connectivity index (χ4v) is 3.32. The Hall–Kier alpha value is -1.61. The number of benzene rings is 1. The lowest BCUT2D eigenvalue weighted by molar-refractivity contribution is 0.701. The summed E-state index contributed by atoms with van der Waals surface area (Å²) in [6.45, 7) is 4.24. The molecule has 1 aliphatic carbocycles. The smallest absolute Gasteiger partial charge is 0.0732 e. The van der Waals surface area contributed by atoms with Gasteiger partial charge in [-0.25, -0.2) is 0 Å². The fourth-order valence-electron chi connectivity index (χ4n) is 3.32. The van der Waals surface area contributed by atoms with Crippen LogP contribution < -0.4 is 11.3 Å². The molecule has 0 saturated heterocycles. The van der Waals surface area contributed by atoms with Crippen LogP contribution in [0.5, 0.6) is 0 Å². The molecule has 3 N–H and O–H groups in total. The lowest BCUT2D eigenvalue weighted by Gasteiger charge is -2.15. The molecular formula is C16H21N3. The van der Waals surface area contributed by atoms with E-state index in [9.17, 15) is 0 Å². The summed E-state index contributed by atoms with van der Waals surface area (Å²) in [5.41, 5.74) is 8.60. The molecule has 1 aromatic carbocycles. The van der Waals surface area contributed by atoms with Gasteiger partial charge in [-0.1, -0.05) is 18.9 Å². The van der Waals surface area contributed by atoms with Crippen LogP contribution in [0.1, 0.15) is 48.4 Å². The minimum Gasteiger partial charge on any atom is -0.323 e. The van der Waals surface area contributed by atoms with Gasteiger partial charge in [0, 0.05) is 17.0 Å². The maximum absolute atomic E-state index is 5.71. The minimum absolute atomic E-state index is 0.609. The lowest BCUT2D eigenvalue weighted by atomic mass is 9.99. The second-order valence-electron chi connectivity index (χ2n) is 5.70. The zero-order chi connectivity index (χ0) is 13.4. The van der Waals surface area contributed by atoms with Gasteiger partial charge in [0.15, 0.2) is 0 Å². The monoisotopic (exact) mass is 255 g/mol. The maximum Gasteiger partial charge on any atom is 0.0732 e. The third-order valence-electron chi connectivity index (χ3n) is 4.20. The molecule has 0 spiro atoms. The lowest BCUT2D eigenvalue weighted by Crippen LogP contribution is -2.10. The molecule has 19 heavy (non-hydrogen) atoms. The van der Waals surface area contributed by atoms with Crippen LogP contribution in [0.2, 0.25) is 0 Å². The van der Waals surface area contributed by atoms with Crippen LogP contribution >= 0.6 is 0 Å². The highest BCUT2D eigenvalue weighted by atomic mass is 15.2. The van der Waals surface area contributed by atoms with Crippen LogP contribution in [-0.4, -0.2) is 4.98 Å². The number of nitrogens with two attached hydrogens (primary N) is 1. The second-order valence-corrected chi connectivity index (χ2v) is 5.70. The Morgan fingerprint density at radius 1 is 1.16 bits per heavy atom. The van der Waals surface area contributed by atoms with E-state index < -0.39 is 0 Å². The van der Waals surface area contributed by atoms with Crippen LogP contribution in [0, 0.1) is 13.8 Å². The number of pyridine rings is 1. The molecule has 1 aromatic heterocycles. The number of nitrogen functional groups attached to an aromatic ring is 1. The number of hydrogen-bond acceptors (Lipinski definition) is 3. The van der Waals surface area contributed by atoms with Gasteiger partial charge in [0.1, 0.15) is 0 Å². The van der Waals surface area contributed by atoms with Crippen molar-refractivity contribution in [2.45, 2.75) is 45.4 Å². The molecule has 3 heteroatoms. The first-order valence-electron chi connectivity index (χ1n) is 7.07. The van der Waals surface area contributed by atoms with E-state index in [1.165, 1.54) is 42.5 Å². The summed E-state index contributed by atoms with van der Waals surface area (Å²) < 4.78 is 0. The SMILES string of the molecule is Cc1cc(C)c2c(NN)cc(C3CCCC3)nc2c1. The number of hydrazine groups is 1. The van der Waals surface area contributed by atoms with E-state index >= 15 is 0 Å². The minimum atomic E-state index is 0.609. The van der Waals surface area contributed by atoms with E-state index in [4.69, 9.17) is 10.8 Å². The average Bonchev–Trinajstić information content (AvgIpc) is 2.90. The van der Waals surface area contributed by atoms with Gasteiger partial charge in [-0.15, -0.1) is 0 Å². The van der Waals surface area contributed by atoms with Crippen molar-refractivity contribution in [2.24, 2.45) is 5.84 Å². The summed E-state index contributed by atoms with van der Waals surface area (Å²) in [5.74, 6) is 6.32. The zero-order valence-electron chi connectivity index (χ0n) is 11.7. The number of aryl methyl sites for hydroxylation is 2. The predicted octanol–water partition coefficient (Wildman–Crippen LogP) is 3.79. The Morgan fingerprint density at radius 2 is 1.89 bits per heavy atom. The van der Waals surface area contributed by atoms with E-state index in [1.807, 2.05) is 0 Å². The molecule has 0 unspecified atom stereocenters. The molecule has 0 amide bonds. The van der Waals surface area contributed by atoms with Gasteiger partial charge in [-0.05, 0) is 49.9 Å². The number of anilines is 1. The predicted molar refractivity (Wildman–Crippen MR) is 80.2 cm³/mol. The van der Waals surface area contributed by atoms with Crippen molar-refractivity contribution in [3.05, 3.63) is 35.0 Å². The van der Waals surface area contributed by atoms with Crippen LogP contribution in [0.15, 0.2) is 18.2 Å². The standard InChI is InChI=1S/C16H21N3/c1-10-7-11(2)16-14(8-10)18-13(9-15(16)19-17)12-5-3-4-6-12/h7-9,12H,3-6,17H2,1-2H3,(H,18,19). The van der Waals surface area contributed by atoms with E-state index in [-0.39, 0.29) is 0 Å². The molecule has 0 atom stereocenters. The van der Waals surface area contributed by atoms with Gasteiger partial charge in [-0.3, -0.25) is 10.8 Å². The normalized spacial score (nSPS) is 16.2. The zero-order valence-corrected chi connectivity index (χ0v) is 11.7. The average molecular weight is 255 g/mol. The Labute approximate surface area is 114 Å². The summed E-state index contributed by atoms with van der Waals surface area (Å²) in [4.78, 5) is 4.89. The van der Waals surface area contributed by atoms with Gasteiger partial charge in [0.2, 0.25) is 0 Å². The molecule has 1 fully saturated rings. The van der Waals surface area contributed by atoms with E-state index in [0.29, 0.717) is 5.92 Å². The van der Waals surface area contributed by atoms with Gasteiger partial charge in [0.05, 0.1) is 11.2 Å². The topological polar surface area (TPSA) is 50.9 Å². The highest BCUT2D eigenvalue weighted by Gasteiger charge is 2.20. The molecule has 1 aliphatic rings. The number of nitrogens with one attached hydrogen (secondary N) is 1. The number of fused-ring (bicyclic) bond motifs is 1. The van der Waals surface area contributed by atoms with Crippen molar-refractivity contribution < 1.29 is 0 Å². The summed E-state index contributed by atoms with van der Waals surface area (Å²) >= 11 is 0. The first-order chi connectivity index (χ1) is 9.19. The Bertz CT molecular complexity index is 613. The molecule has 1 saturated carbocycles. The molecule has 2 aromatic rings. The Balaban J connectivity index is 2.21. The molecule has 0 bridgehead atoms. The van der Waals surface area contributed by atoms with Crippen molar-refractivity contribution in [1.82, 2.24) is 4.98 Å². The van der Waals surface area contributed by atoms with Crippen LogP contribution in [0.4, 0.5) is 5.69 Å². The van der Waals surface area contributed by atoms with Crippen molar-refractivity contribution in [3.8, 4) is 0 Å². The number of aromatic nitrogens is 1. The van der Waals surface area contributed by atoms with Gasteiger partial charge >= 0.3 is 0 Å². The molecule has 3 nitrogen and oxygen atoms in total. The second kappa shape index (κ2) is 4.82. The van der Waals surface area contributed by atoms with Crippen LogP contribution in [0.25, 0.3) is 10.9 Å². The number of nitrogens with zero attached hydrogens (tertiary/aromatic N) is 1. The van der Waals surface area contributed by atoms with Crippen molar-refractivity contribution in [3.63, 3.8) is 0 Å². The number of hydrogen-bond donors (Lipinski definition) is 2. The molecular weight excluding hydrogens is 234 g/mol. The molecule has 3 rings (SSSR count). The summed E-state index contributed by atoms with van der Waals surface area (Å²) in [7, 11) is 0. The van der Waals surface area contributed by atoms with Gasteiger partial charge < -0.3 is 5.43 Å². The van der Waals surface area contributed by atoms with Crippen LogP contribution in [0.3, 0.4) is 0 Å². The maximum atomic E-state index is 5.71. The molecule has 0 radical (unpaired) electrons. The first kappa shape index (κ1) is 12.4. The summed E-state index contributed by atoms with van der Waals surface area (Å²) in [5, 5.41) is 1.15. The third-order valence-corrected chi connectivity index (χ3v) is 4.20.